The van der Waals surface area contributed by atoms with E-state index in [1.807, 2.05) is 12.1 Å². The lowest BCUT2D eigenvalue weighted by Crippen LogP contribution is -2.21. The second-order valence-electron chi connectivity index (χ2n) is 5.74. The van der Waals surface area contributed by atoms with Crippen molar-refractivity contribution in [2.24, 2.45) is 5.73 Å². The summed E-state index contributed by atoms with van der Waals surface area (Å²) in [5, 5.41) is 0. The maximum absolute atomic E-state index is 5.98. The van der Waals surface area contributed by atoms with Gasteiger partial charge < -0.3 is 10.5 Å². The van der Waals surface area contributed by atoms with Crippen molar-refractivity contribution in [1.29, 1.82) is 0 Å². The van der Waals surface area contributed by atoms with Gasteiger partial charge in [-0.3, -0.25) is 0 Å². The van der Waals surface area contributed by atoms with Crippen LogP contribution in [0.15, 0.2) is 42.5 Å². The Morgan fingerprint density at radius 2 is 1.76 bits per heavy atom. The molecule has 2 N–H and O–H groups in total. The molecule has 0 bridgehead atoms. The standard InChI is InChI=1S/C19H25NO/c1-4-18(20)12-16-7-9-19(10-8-16)21-13-17-11-14(2)5-6-15(17)3/h5-11,18H,4,12-13,20H2,1-3H3. The Balaban J connectivity index is 1.96. The molecule has 2 aromatic carbocycles. The summed E-state index contributed by atoms with van der Waals surface area (Å²) in [4.78, 5) is 0. The number of nitrogens with two attached hydrogens (primary N) is 1. The van der Waals surface area contributed by atoms with Crippen molar-refractivity contribution in [2.45, 2.75) is 46.3 Å². The van der Waals surface area contributed by atoms with Gasteiger partial charge >= 0.3 is 0 Å². The Labute approximate surface area is 127 Å². The second kappa shape index (κ2) is 7.28. The van der Waals surface area contributed by atoms with E-state index in [0.717, 1.165) is 18.6 Å². The molecular formula is C19H25NO. The molecule has 0 aliphatic rings. The molecule has 0 saturated carbocycles. The molecule has 2 nitrogen and oxygen atoms in total. The third-order valence-corrected chi connectivity index (χ3v) is 3.84. The number of aryl methyl sites for hydroxylation is 2. The fourth-order valence-electron chi connectivity index (χ4n) is 2.29. The molecule has 0 radical (unpaired) electrons. The number of hydrogen-bond acceptors (Lipinski definition) is 2. The van der Waals surface area contributed by atoms with Gasteiger partial charge in [0.25, 0.3) is 0 Å². The molecule has 21 heavy (non-hydrogen) atoms. The maximum Gasteiger partial charge on any atom is 0.119 e. The second-order valence-corrected chi connectivity index (χ2v) is 5.74. The van der Waals surface area contributed by atoms with Crippen LogP contribution in [-0.4, -0.2) is 6.04 Å². The van der Waals surface area contributed by atoms with Crippen LogP contribution in [0.3, 0.4) is 0 Å². The molecule has 2 aromatic rings. The number of ether oxygens (including phenoxy) is 1. The fraction of sp³-hybridized carbons (Fsp3) is 0.368. The van der Waals surface area contributed by atoms with Crippen LogP contribution in [0, 0.1) is 13.8 Å². The van der Waals surface area contributed by atoms with Crippen molar-refractivity contribution in [2.75, 3.05) is 0 Å². The first-order valence-corrected chi connectivity index (χ1v) is 7.62. The van der Waals surface area contributed by atoms with Gasteiger partial charge in [-0.25, -0.2) is 0 Å². The molecule has 2 heteroatoms. The lowest BCUT2D eigenvalue weighted by molar-refractivity contribution is 0.305. The van der Waals surface area contributed by atoms with Crippen molar-refractivity contribution < 1.29 is 4.74 Å². The highest BCUT2D eigenvalue weighted by Gasteiger charge is 2.03. The van der Waals surface area contributed by atoms with Crippen LogP contribution in [0.5, 0.6) is 5.75 Å². The minimum Gasteiger partial charge on any atom is -0.489 e. The van der Waals surface area contributed by atoms with Crippen LogP contribution in [0.4, 0.5) is 0 Å². The Morgan fingerprint density at radius 1 is 1.05 bits per heavy atom. The van der Waals surface area contributed by atoms with Crippen LogP contribution in [0.2, 0.25) is 0 Å². The first kappa shape index (κ1) is 15.6. The summed E-state index contributed by atoms with van der Waals surface area (Å²) in [6.07, 6.45) is 1.93. The summed E-state index contributed by atoms with van der Waals surface area (Å²) in [6.45, 7) is 6.95. The van der Waals surface area contributed by atoms with Gasteiger partial charge in [-0.2, -0.15) is 0 Å². The number of hydrogen-bond donors (Lipinski definition) is 1. The van der Waals surface area contributed by atoms with E-state index >= 15 is 0 Å². The van der Waals surface area contributed by atoms with Crippen molar-refractivity contribution in [3.05, 3.63) is 64.7 Å². The zero-order valence-electron chi connectivity index (χ0n) is 13.2. The molecule has 0 fully saturated rings. The summed E-state index contributed by atoms with van der Waals surface area (Å²) in [5.41, 5.74) is 11.0. The van der Waals surface area contributed by atoms with Crippen molar-refractivity contribution in [3.63, 3.8) is 0 Å². The molecule has 2 rings (SSSR count). The van der Waals surface area contributed by atoms with Gasteiger partial charge in [0, 0.05) is 6.04 Å². The molecule has 0 aliphatic carbocycles. The SMILES string of the molecule is CCC(N)Cc1ccc(OCc2cc(C)ccc2C)cc1. The van der Waals surface area contributed by atoms with E-state index in [9.17, 15) is 0 Å². The molecule has 0 aromatic heterocycles. The highest BCUT2D eigenvalue weighted by atomic mass is 16.5. The quantitative estimate of drug-likeness (QED) is 0.864. The van der Waals surface area contributed by atoms with E-state index in [2.05, 4.69) is 51.1 Å². The van der Waals surface area contributed by atoms with Gasteiger partial charge in [-0.1, -0.05) is 42.8 Å². The van der Waals surface area contributed by atoms with Gasteiger partial charge in [0.2, 0.25) is 0 Å². The summed E-state index contributed by atoms with van der Waals surface area (Å²) in [6, 6.07) is 15.0. The fourth-order valence-corrected chi connectivity index (χ4v) is 2.29. The van der Waals surface area contributed by atoms with Gasteiger partial charge in [0.15, 0.2) is 0 Å². The van der Waals surface area contributed by atoms with Crippen molar-refractivity contribution in [3.8, 4) is 5.75 Å². The lowest BCUT2D eigenvalue weighted by atomic mass is 10.0. The van der Waals surface area contributed by atoms with Crippen LogP contribution in [0.25, 0.3) is 0 Å². The zero-order chi connectivity index (χ0) is 15.2. The van der Waals surface area contributed by atoms with E-state index in [-0.39, 0.29) is 6.04 Å². The largest absolute Gasteiger partial charge is 0.489 e. The van der Waals surface area contributed by atoms with Crippen LogP contribution < -0.4 is 10.5 Å². The minimum absolute atomic E-state index is 0.242. The topological polar surface area (TPSA) is 35.2 Å². The van der Waals surface area contributed by atoms with Crippen LogP contribution in [-0.2, 0) is 13.0 Å². The average molecular weight is 283 g/mol. The molecular weight excluding hydrogens is 258 g/mol. The van der Waals surface area contributed by atoms with Gasteiger partial charge in [-0.05, 0) is 55.5 Å². The molecule has 1 atom stereocenters. The van der Waals surface area contributed by atoms with Gasteiger partial charge in [0.1, 0.15) is 12.4 Å². The highest BCUT2D eigenvalue weighted by Crippen LogP contribution is 2.17. The minimum atomic E-state index is 0.242. The normalized spacial score (nSPS) is 12.2. The molecule has 0 aliphatic heterocycles. The molecule has 0 spiro atoms. The number of benzene rings is 2. The lowest BCUT2D eigenvalue weighted by Gasteiger charge is -2.11. The number of rotatable bonds is 6. The van der Waals surface area contributed by atoms with Gasteiger partial charge in [-0.15, -0.1) is 0 Å². The average Bonchev–Trinajstić information content (AvgIpc) is 2.49. The third kappa shape index (κ3) is 4.61. The predicted molar refractivity (Wildman–Crippen MR) is 88.7 cm³/mol. The zero-order valence-corrected chi connectivity index (χ0v) is 13.2. The van der Waals surface area contributed by atoms with E-state index in [0.29, 0.717) is 6.61 Å². The Morgan fingerprint density at radius 3 is 2.43 bits per heavy atom. The van der Waals surface area contributed by atoms with E-state index in [1.54, 1.807) is 0 Å². The summed E-state index contributed by atoms with van der Waals surface area (Å²) >= 11 is 0. The van der Waals surface area contributed by atoms with E-state index in [1.165, 1.54) is 22.3 Å². The van der Waals surface area contributed by atoms with E-state index < -0.39 is 0 Å². The smallest absolute Gasteiger partial charge is 0.119 e. The molecule has 112 valence electrons. The maximum atomic E-state index is 5.98. The van der Waals surface area contributed by atoms with E-state index in [4.69, 9.17) is 10.5 Å². The summed E-state index contributed by atoms with van der Waals surface area (Å²) in [5.74, 6) is 0.907. The molecule has 0 heterocycles. The highest BCUT2D eigenvalue weighted by molar-refractivity contribution is 5.32. The van der Waals surface area contributed by atoms with Crippen LogP contribution in [0.1, 0.15) is 35.6 Å². The van der Waals surface area contributed by atoms with Crippen molar-refractivity contribution >= 4 is 0 Å². The van der Waals surface area contributed by atoms with Crippen LogP contribution >= 0.6 is 0 Å². The Kier molecular flexibility index (Phi) is 5.40. The van der Waals surface area contributed by atoms with Crippen molar-refractivity contribution in [1.82, 2.24) is 0 Å². The predicted octanol–water partition coefficient (Wildman–Crippen LogP) is 4.16. The third-order valence-electron chi connectivity index (χ3n) is 3.84. The first-order valence-electron chi connectivity index (χ1n) is 7.62. The molecule has 0 saturated heterocycles. The Bertz CT molecular complexity index is 575. The summed E-state index contributed by atoms with van der Waals surface area (Å²) < 4.78 is 5.88. The Hall–Kier alpha value is -1.80. The van der Waals surface area contributed by atoms with Gasteiger partial charge in [0.05, 0.1) is 0 Å². The summed E-state index contributed by atoms with van der Waals surface area (Å²) in [7, 11) is 0. The molecule has 1 unspecified atom stereocenters. The monoisotopic (exact) mass is 283 g/mol. The molecule has 0 amide bonds. The first-order chi connectivity index (χ1) is 10.1.